The fourth-order valence-electron chi connectivity index (χ4n) is 4.91. The van der Waals surface area contributed by atoms with Crippen molar-refractivity contribution in [3.8, 4) is 0 Å². The predicted octanol–water partition coefficient (Wildman–Crippen LogP) is 2.41. The topological polar surface area (TPSA) is 53.7 Å². The van der Waals surface area contributed by atoms with Gasteiger partial charge in [-0.15, -0.1) is 0 Å². The summed E-state index contributed by atoms with van der Waals surface area (Å²) < 4.78 is 1.80. The van der Waals surface area contributed by atoms with Gasteiger partial charge in [0.25, 0.3) is 5.91 Å². The van der Waals surface area contributed by atoms with Crippen LogP contribution in [-0.4, -0.2) is 56.8 Å². The van der Waals surface area contributed by atoms with E-state index in [-0.39, 0.29) is 5.91 Å². The zero-order chi connectivity index (χ0) is 18.5. The quantitative estimate of drug-likeness (QED) is 0.703. The highest BCUT2D eigenvalue weighted by Gasteiger charge is 2.47. The first-order chi connectivity index (χ1) is 13.1. The van der Waals surface area contributed by atoms with Gasteiger partial charge in [0.1, 0.15) is 5.69 Å². The summed E-state index contributed by atoms with van der Waals surface area (Å²) in [4.78, 5) is 26.1. The van der Waals surface area contributed by atoms with Gasteiger partial charge < -0.3 is 4.90 Å². The van der Waals surface area contributed by atoms with Crippen molar-refractivity contribution in [3.63, 3.8) is 0 Å². The van der Waals surface area contributed by atoms with Crippen LogP contribution in [0.15, 0.2) is 48.9 Å². The van der Waals surface area contributed by atoms with Crippen LogP contribution in [0.1, 0.15) is 27.7 Å². The molecule has 1 aromatic carbocycles. The molecule has 3 aromatic rings. The largest absolute Gasteiger partial charge is 0.337 e. The van der Waals surface area contributed by atoms with Crippen molar-refractivity contribution in [1.29, 1.82) is 0 Å². The maximum atomic E-state index is 13.0. The fourth-order valence-corrected chi connectivity index (χ4v) is 4.91. The number of imidazole rings is 1. The van der Waals surface area contributed by atoms with E-state index in [1.54, 1.807) is 16.8 Å². The predicted molar refractivity (Wildman–Crippen MR) is 102 cm³/mol. The molecule has 0 aliphatic carbocycles. The molecular weight excluding hydrogens is 338 g/mol. The highest BCUT2D eigenvalue weighted by Crippen LogP contribution is 2.45. The zero-order valence-corrected chi connectivity index (χ0v) is 15.6. The van der Waals surface area contributed by atoms with E-state index in [1.165, 1.54) is 11.1 Å². The lowest BCUT2D eigenvalue weighted by atomic mass is 9.88. The van der Waals surface area contributed by atoms with Gasteiger partial charge in [0, 0.05) is 50.2 Å². The van der Waals surface area contributed by atoms with Gasteiger partial charge in [-0.1, -0.05) is 24.3 Å². The summed E-state index contributed by atoms with van der Waals surface area (Å²) in [5, 5.41) is 0. The summed E-state index contributed by atoms with van der Waals surface area (Å²) in [6.07, 6.45) is 5.34. The minimum Gasteiger partial charge on any atom is -0.337 e. The van der Waals surface area contributed by atoms with Crippen molar-refractivity contribution >= 4 is 11.7 Å². The van der Waals surface area contributed by atoms with Gasteiger partial charge in [-0.2, -0.15) is 0 Å². The second-order valence-corrected chi connectivity index (χ2v) is 7.83. The number of rotatable bonds is 2. The van der Waals surface area contributed by atoms with E-state index in [0.29, 0.717) is 29.3 Å². The van der Waals surface area contributed by atoms with Gasteiger partial charge in [0.2, 0.25) is 5.78 Å². The molecule has 3 atom stereocenters. The zero-order valence-electron chi connectivity index (χ0n) is 15.6. The fraction of sp³-hybridized carbons (Fsp3) is 0.381. The van der Waals surface area contributed by atoms with Crippen LogP contribution >= 0.6 is 0 Å². The number of nitrogens with zero attached hydrogens (tertiary/aromatic N) is 5. The molecule has 0 saturated carbocycles. The number of benzene rings is 1. The van der Waals surface area contributed by atoms with Crippen LogP contribution in [0.4, 0.5) is 0 Å². The highest BCUT2D eigenvalue weighted by molar-refractivity contribution is 5.93. The molecule has 0 bridgehead atoms. The Balaban J connectivity index is 1.40. The first-order valence-electron chi connectivity index (χ1n) is 9.46. The van der Waals surface area contributed by atoms with Gasteiger partial charge in [-0.05, 0) is 37.1 Å². The van der Waals surface area contributed by atoms with E-state index < -0.39 is 0 Å². The third-order valence-corrected chi connectivity index (χ3v) is 6.14. The summed E-state index contributed by atoms with van der Waals surface area (Å²) in [5.41, 5.74) is 3.19. The monoisotopic (exact) mass is 361 g/mol. The smallest absolute Gasteiger partial charge is 0.274 e. The molecule has 2 aliphatic heterocycles. The van der Waals surface area contributed by atoms with Gasteiger partial charge in [0.05, 0.1) is 0 Å². The number of hydrogen-bond acceptors (Lipinski definition) is 4. The number of carbonyl (C=O) groups excluding carboxylic acids is 1. The lowest BCUT2D eigenvalue weighted by molar-refractivity contribution is 0.0762. The number of aryl methyl sites for hydroxylation is 1. The number of fused-ring (bicyclic) bond motifs is 2. The van der Waals surface area contributed by atoms with Gasteiger partial charge in [-0.25, -0.2) is 9.97 Å². The molecule has 0 N–H and O–H groups in total. The average molecular weight is 361 g/mol. The van der Waals surface area contributed by atoms with Crippen LogP contribution < -0.4 is 0 Å². The van der Waals surface area contributed by atoms with Crippen molar-refractivity contribution in [3.05, 3.63) is 65.7 Å². The molecule has 2 aromatic heterocycles. The maximum Gasteiger partial charge on any atom is 0.274 e. The molecule has 27 heavy (non-hydrogen) atoms. The summed E-state index contributed by atoms with van der Waals surface area (Å²) >= 11 is 0. The number of carbonyl (C=O) groups is 1. The Morgan fingerprint density at radius 3 is 2.81 bits per heavy atom. The second kappa shape index (κ2) is 6.16. The Labute approximate surface area is 158 Å². The molecule has 0 unspecified atom stereocenters. The first-order valence-corrected chi connectivity index (χ1v) is 9.46. The van der Waals surface area contributed by atoms with Crippen LogP contribution in [0, 0.1) is 18.8 Å². The van der Waals surface area contributed by atoms with Gasteiger partial charge in [0.15, 0.2) is 0 Å². The molecule has 1 amide bonds. The minimum atomic E-state index is 0.0149. The summed E-state index contributed by atoms with van der Waals surface area (Å²) in [7, 11) is 2.20. The second-order valence-electron chi connectivity index (χ2n) is 7.83. The molecule has 2 saturated heterocycles. The third kappa shape index (κ3) is 2.63. The lowest BCUT2D eigenvalue weighted by Gasteiger charge is -2.27. The summed E-state index contributed by atoms with van der Waals surface area (Å²) in [5.74, 6) is 1.56. The molecule has 0 radical (unpaired) electrons. The Bertz CT molecular complexity index is 979. The van der Waals surface area contributed by atoms with Crippen LogP contribution in [0.2, 0.25) is 0 Å². The summed E-state index contributed by atoms with van der Waals surface area (Å²) in [6, 6.07) is 10.8. The van der Waals surface area contributed by atoms with E-state index in [1.807, 2.05) is 17.2 Å². The number of hydrogen-bond donors (Lipinski definition) is 0. The first kappa shape index (κ1) is 16.4. The maximum absolute atomic E-state index is 13.0. The molecule has 0 spiro atoms. The molecule has 2 fully saturated rings. The molecule has 6 nitrogen and oxygen atoms in total. The Hall–Kier alpha value is -2.73. The van der Waals surface area contributed by atoms with E-state index in [0.717, 1.165) is 19.6 Å². The minimum absolute atomic E-state index is 0.0149. The summed E-state index contributed by atoms with van der Waals surface area (Å²) in [6.45, 7) is 4.80. The van der Waals surface area contributed by atoms with Crippen molar-refractivity contribution in [1.82, 2.24) is 24.2 Å². The van der Waals surface area contributed by atoms with Gasteiger partial charge in [-0.3, -0.25) is 14.1 Å². The normalized spacial score (nSPS) is 25.3. The SMILES string of the molecule is Cc1ccccc1[C@H]1[C@@H]2CN(C(=O)c3cn4cccnc4n3)C[C@@H]2CN1C. The number of likely N-dealkylation sites (tertiary alicyclic amines) is 2. The van der Waals surface area contributed by atoms with Crippen LogP contribution in [0.25, 0.3) is 5.78 Å². The van der Waals surface area contributed by atoms with Crippen molar-refractivity contribution in [2.24, 2.45) is 11.8 Å². The van der Waals surface area contributed by atoms with Crippen molar-refractivity contribution in [2.45, 2.75) is 13.0 Å². The molecular formula is C21H23N5O. The number of amides is 1. The molecule has 5 rings (SSSR count). The Morgan fingerprint density at radius 2 is 2.00 bits per heavy atom. The Kier molecular flexibility index (Phi) is 3.75. The van der Waals surface area contributed by atoms with E-state index in [2.05, 4.69) is 53.1 Å². The molecule has 4 heterocycles. The number of aromatic nitrogens is 3. The molecule has 6 heteroatoms. The van der Waals surface area contributed by atoms with Crippen LogP contribution in [-0.2, 0) is 0 Å². The van der Waals surface area contributed by atoms with Gasteiger partial charge >= 0.3 is 0 Å². The van der Waals surface area contributed by atoms with Crippen LogP contribution in [0.5, 0.6) is 0 Å². The van der Waals surface area contributed by atoms with Crippen LogP contribution in [0.3, 0.4) is 0 Å². The third-order valence-electron chi connectivity index (χ3n) is 6.14. The lowest BCUT2D eigenvalue weighted by Crippen LogP contribution is -2.33. The molecule has 2 aliphatic rings. The van der Waals surface area contributed by atoms with E-state index in [4.69, 9.17) is 0 Å². The molecule has 138 valence electrons. The van der Waals surface area contributed by atoms with Crippen molar-refractivity contribution < 1.29 is 4.79 Å². The Morgan fingerprint density at radius 1 is 1.15 bits per heavy atom. The van der Waals surface area contributed by atoms with E-state index >= 15 is 0 Å². The van der Waals surface area contributed by atoms with E-state index in [9.17, 15) is 4.79 Å². The standard InChI is InChI=1S/C21H23N5O/c1-14-6-3-4-7-16(14)19-17-12-26(11-15(17)10-24(19)2)20(27)18-13-25-9-5-8-22-21(25)23-18/h3-9,13,15,17,19H,10-12H2,1-2H3/t15-,17+,19-/m0/s1. The highest BCUT2D eigenvalue weighted by atomic mass is 16.2. The van der Waals surface area contributed by atoms with Crippen molar-refractivity contribution in [2.75, 3.05) is 26.7 Å². The average Bonchev–Trinajstić information content (AvgIpc) is 3.34.